The summed E-state index contributed by atoms with van der Waals surface area (Å²) in [6.07, 6.45) is 9.87. The summed E-state index contributed by atoms with van der Waals surface area (Å²) in [6, 6.07) is 7.55. The summed E-state index contributed by atoms with van der Waals surface area (Å²) in [5, 5.41) is 3.42. The number of thiocarbonyl (C=S) groups is 1. The zero-order valence-electron chi connectivity index (χ0n) is 18.0. The molecule has 0 saturated carbocycles. The topological polar surface area (TPSA) is 33.7 Å². The van der Waals surface area contributed by atoms with E-state index >= 15 is 0 Å². The largest absolute Gasteiger partial charge is 0.492 e. The Morgan fingerprint density at radius 1 is 1.14 bits per heavy atom. The fraction of sp³-hybridized carbons (Fsp3) is 0.522. The van der Waals surface area contributed by atoms with Gasteiger partial charge in [0, 0.05) is 12.2 Å². The molecule has 0 spiro atoms. The van der Waals surface area contributed by atoms with Gasteiger partial charge in [0.15, 0.2) is 0 Å². The van der Waals surface area contributed by atoms with Crippen LogP contribution in [0.5, 0.6) is 11.5 Å². The molecule has 1 aromatic rings. The van der Waals surface area contributed by atoms with Crippen LogP contribution < -0.4 is 14.8 Å². The van der Waals surface area contributed by atoms with Crippen LogP contribution in [0, 0.1) is 5.92 Å². The van der Waals surface area contributed by atoms with E-state index in [0.29, 0.717) is 23.4 Å². The maximum atomic E-state index is 5.82. The molecule has 5 heteroatoms. The van der Waals surface area contributed by atoms with Crippen LogP contribution in [0.15, 0.2) is 48.2 Å². The first kappa shape index (κ1) is 24.2. The van der Waals surface area contributed by atoms with Gasteiger partial charge in [0.05, 0.1) is 0 Å². The average Bonchev–Trinajstić information content (AvgIpc) is 2.66. The van der Waals surface area contributed by atoms with Gasteiger partial charge in [-0.2, -0.15) is 0 Å². The molecule has 4 nitrogen and oxygen atoms in total. The van der Waals surface area contributed by atoms with Gasteiger partial charge in [0.1, 0.15) is 18.1 Å². The number of unbranched alkanes of at least 4 members (excludes halogenated alkanes) is 2. The lowest BCUT2D eigenvalue weighted by Gasteiger charge is -2.16. The van der Waals surface area contributed by atoms with Crippen molar-refractivity contribution in [3.8, 4) is 11.5 Å². The lowest BCUT2D eigenvalue weighted by molar-refractivity contribution is 0.234. The standard InChI is InChI=1S/C23H36N2O2S/c1-6-8-9-16-25(5)17-18-26-21-12-14-22(15-13-21)27-23(28)24-20(7-2)11-10-19(3)4/h7,10-15,19H,6,8-9,16-18H2,1-5H3,(H,24,28)/b11-10-,20-7+. The van der Waals surface area contributed by atoms with Gasteiger partial charge in [-0.25, -0.2) is 0 Å². The van der Waals surface area contributed by atoms with Crippen molar-refractivity contribution in [1.82, 2.24) is 10.2 Å². The van der Waals surface area contributed by atoms with Crippen LogP contribution in [0.3, 0.4) is 0 Å². The highest BCUT2D eigenvalue weighted by Crippen LogP contribution is 2.18. The second kappa shape index (κ2) is 14.2. The third kappa shape index (κ3) is 11.1. The van der Waals surface area contributed by atoms with Crippen molar-refractivity contribution >= 4 is 17.4 Å². The van der Waals surface area contributed by atoms with E-state index in [1.165, 1.54) is 19.3 Å². The first-order chi connectivity index (χ1) is 13.4. The number of likely N-dealkylation sites (N-methyl/N-ethyl adjacent to an activating group) is 1. The second-order valence-corrected chi connectivity index (χ2v) is 7.56. The van der Waals surface area contributed by atoms with E-state index < -0.39 is 0 Å². The van der Waals surface area contributed by atoms with Crippen LogP contribution in [-0.2, 0) is 0 Å². The molecule has 0 fully saturated rings. The van der Waals surface area contributed by atoms with Crippen LogP contribution >= 0.6 is 12.2 Å². The van der Waals surface area contributed by atoms with Crippen molar-refractivity contribution in [1.29, 1.82) is 0 Å². The third-order valence-electron chi connectivity index (χ3n) is 4.14. The van der Waals surface area contributed by atoms with Gasteiger partial charge in [0.2, 0.25) is 0 Å². The number of allylic oxidation sites excluding steroid dienone is 3. The maximum Gasteiger partial charge on any atom is 0.266 e. The minimum atomic E-state index is 0.323. The summed E-state index contributed by atoms with van der Waals surface area (Å²) in [7, 11) is 2.14. The molecule has 0 aliphatic rings. The number of ether oxygens (including phenoxy) is 2. The Labute approximate surface area is 176 Å². The highest BCUT2D eigenvalue weighted by Gasteiger charge is 2.03. The van der Waals surface area contributed by atoms with Crippen molar-refractivity contribution in [3.63, 3.8) is 0 Å². The van der Waals surface area contributed by atoms with Crippen LogP contribution in [0.25, 0.3) is 0 Å². The van der Waals surface area contributed by atoms with Crippen molar-refractivity contribution in [2.75, 3.05) is 26.7 Å². The van der Waals surface area contributed by atoms with E-state index in [2.05, 4.69) is 44.1 Å². The van der Waals surface area contributed by atoms with Crippen LogP contribution in [0.4, 0.5) is 0 Å². The molecule has 1 N–H and O–H groups in total. The Morgan fingerprint density at radius 3 is 2.43 bits per heavy atom. The van der Waals surface area contributed by atoms with Gasteiger partial charge in [-0.3, -0.25) is 0 Å². The predicted octanol–water partition coefficient (Wildman–Crippen LogP) is 5.56. The van der Waals surface area contributed by atoms with E-state index in [4.69, 9.17) is 21.7 Å². The monoisotopic (exact) mass is 404 g/mol. The molecular formula is C23H36N2O2S. The Kier molecular flexibility index (Phi) is 12.3. The van der Waals surface area contributed by atoms with E-state index in [0.717, 1.165) is 24.5 Å². The van der Waals surface area contributed by atoms with Crippen molar-refractivity contribution in [2.24, 2.45) is 5.92 Å². The summed E-state index contributed by atoms with van der Waals surface area (Å²) < 4.78 is 11.5. The molecule has 0 unspecified atom stereocenters. The van der Waals surface area contributed by atoms with E-state index in [-0.39, 0.29) is 0 Å². The summed E-state index contributed by atoms with van der Waals surface area (Å²) in [4.78, 5) is 2.31. The van der Waals surface area contributed by atoms with E-state index in [9.17, 15) is 0 Å². The molecule has 0 radical (unpaired) electrons. The highest BCUT2D eigenvalue weighted by atomic mass is 32.1. The molecule has 1 aromatic carbocycles. The molecule has 0 heterocycles. The highest BCUT2D eigenvalue weighted by molar-refractivity contribution is 7.80. The first-order valence-corrected chi connectivity index (χ1v) is 10.6. The lowest BCUT2D eigenvalue weighted by atomic mass is 10.2. The van der Waals surface area contributed by atoms with Crippen molar-refractivity contribution < 1.29 is 9.47 Å². The van der Waals surface area contributed by atoms with Crippen LogP contribution in [0.1, 0.15) is 47.0 Å². The lowest BCUT2D eigenvalue weighted by Crippen LogP contribution is -2.25. The van der Waals surface area contributed by atoms with Gasteiger partial charge in [-0.1, -0.05) is 45.8 Å². The number of nitrogens with one attached hydrogen (secondary N) is 1. The molecule has 156 valence electrons. The van der Waals surface area contributed by atoms with Crippen molar-refractivity contribution in [2.45, 2.75) is 47.0 Å². The van der Waals surface area contributed by atoms with E-state index in [1.807, 2.05) is 43.3 Å². The molecule has 0 aliphatic heterocycles. The minimum Gasteiger partial charge on any atom is -0.492 e. The molecule has 0 aromatic heterocycles. The van der Waals surface area contributed by atoms with Gasteiger partial charge in [-0.05, 0) is 75.4 Å². The molecule has 0 saturated heterocycles. The zero-order valence-corrected chi connectivity index (χ0v) is 18.8. The van der Waals surface area contributed by atoms with Crippen LogP contribution in [0.2, 0.25) is 0 Å². The Bertz CT molecular complexity index is 624. The molecule has 0 atom stereocenters. The normalized spacial score (nSPS) is 12.0. The minimum absolute atomic E-state index is 0.323. The first-order valence-electron chi connectivity index (χ1n) is 10.2. The van der Waals surface area contributed by atoms with Crippen LogP contribution in [-0.4, -0.2) is 36.8 Å². The average molecular weight is 405 g/mol. The van der Waals surface area contributed by atoms with Gasteiger partial charge < -0.3 is 19.7 Å². The number of nitrogens with zero attached hydrogens (tertiary/aromatic N) is 1. The van der Waals surface area contributed by atoms with Gasteiger partial charge >= 0.3 is 0 Å². The quantitative estimate of drug-likeness (QED) is 0.280. The SMILES string of the molecule is C/C=C(\C=C/C(C)C)NC(=S)Oc1ccc(OCCN(C)CCCCC)cc1. The maximum absolute atomic E-state index is 5.82. The Hall–Kier alpha value is -1.85. The molecule has 0 bridgehead atoms. The number of benzene rings is 1. The van der Waals surface area contributed by atoms with Crippen molar-refractivity contribution in [3.05, 3.63) is 48.2 Å². The molecular weight excluding hydrogens is 368 g/mol. The van der Waals surface area contributed by atoms with Gasteiger partial charge in [-0.15, -0.1) is 0 Å². The second-order valence-electron chi connectivity index (χ2n) is 7.19. The number of rotatable bonds is 12. The molecule has 28 heavy (non-hydrogen) atoms. The number of hydrogen-bond donors (Lipinski definition) is 1. The molecule has 0 amide bonds. The summed E-state index contributed by atoms with van der Waals surface area (Å²) in [6.45, 7) is 11.2. The fourth-order valence-electron chi connectivity index (χ4n) is 2.42. The van der Waals surface area contributed by atoms with E-state index in [1.54, 1.807) is 0 Å². The Balaban J connectivity index is 2.38. The van der Waals surface area contributed by atoms with Gasteiger partial charge in [0.25, 0.3) is 5.17 Å². The third-order valence-corrected chi connectivity index (χ3v) is 4.32. The zero-order chi connectivity index (χ0) is 20.8. The Morgan fingerprint density at radius 2 is 1.82 bits per heavy atom. The summed E-state index contributed by atoms with van der Waals surface area (Å²) in [5.41, 5.74) is 0.918. The molecule has 1 rings (SSSR count). The summed E-state index contributed by atoms with van der Waals surface area (Å²) in [5.74, 6) is 2.00. The predicted molar refractivity (Wildman–Crippen MR) is 123 cm³/mol. The fourth-order valence-corrected chi connectivity index (χ4v) is 2.64. The summed E-state index contributed by atoms with van der Waals surface area (Å²) >= 11 is 5.29. The molecule has 0 aliphatic carbocycles. The smallest absolute Gasteiger partial charge is 0.266 e. The number of hydrogen-bond acceptors (Lipinski definition) is 4.